The summed E-state index contributed by atoms with van der Waals surface area (Å²) >= 11 is 0. The van der Waals surface area contributed by atoms with Crippen molar-refractivity contribution in [3.8, 4) is 0 Å². The Morgan fingerprint density at radius 3 is 2.74 bits per heavy atom. The minimum atomic E-state index is -0.155. The number of nitrogens with two attached hydrogens (primary N) is 1. The van der Waals surface area contributed by atoms with Crippen LogP contribution in [0.4, 0.5) is 0 Å². The normalized spacial score (nSPS) is 13.3. The molecule has 6 nitrogen and oxygen atoms in total. The van der Waals surface area contributed by atoms with E-state index >= 15 is 0 Å². The summed E-state index contributed by atoms with van der Waals surface area (Å²) in [4.78, 5) is 12.1. The fourth-order valence-corrected chi connectivity index (χ4v) is 2.01. The van der Waals surface area contributed by atoms with Gasteiger partial charge >= 0.3 is 0 Å². The quantitative estimate of drug-likeness (QED) is 0.802. The van der Waals surface area contributed by atoms with Gasteiger partial charge in [0.05, 0.1) is 12.5 Å². The smallest absolute Gasteiger partial charge is 0.224 e. The van der Waals surface area contributed by atoms with E-state index in [1.165, 1.54) is 0 Å². The summed E-state index contributed by atoms with van der Waals surface area (Å²) in [5.41, 5.74) is 5.78. The number of hydrogen-bond acceptors (Lipinski definition) is 4. The third kappa shape index (κ3) is 4.98. The van der Waals surface area contributed by atoms with E-state index in [-0.39, 0.29) is 17.2 Å². The fourth-order valence-electron chi connectivity index (χ4n) is 2.01. The van der Waals surface area contributed by atoms with Crippen LogP contribution in [0.5, 0.6) is 0 Å². The van der Waals surface area contributed by atoms with Gasteiger partial charge in [0.15, 0.2) is 5.82 Å². The highest BCUT2D eigenvalue weighted by atomic mass is 16.1. The van der Waals surface area contributed by atoms with E-state index in [1.807, 2.05) is 11.5 Å². The molecule has 19 heavy (non-hydrogen) atoms. The summed E-state index contributed by atoms with van der Waals surface area (Å²) in [5, 5.41) is 10.7. The van der Waals surface area contributed by atoms with Crippen LogP contribution in [0.2, 0.25) is 0 Å². The molecule has 1 rings (SSSR count). The molecule has 1 unspecified atom stereocenters. The van der Waals surface area contributed by atoms with Crippen LogP contribution < -0.4 is 11.1 Å². The van der Waals surface area contributed by atoms with Crippen molar-refractivity contribution in [1.29, 1.82) is 0 Å². The lowest BCUT2D eigenvalue weighted by Gasteiger charge is -2.24. The highest BCUT2D eigenvalue weighted by molar-refractivity contribution is 5.78. The van der Waals surface area contributed by atoms with Crippen molar-refractivity contribution in [3.05, 3.63) is 12.2 Å². The monoisotopic (exact) mass is 267 g/mol. The molecule has 1 heterocycles. The maximum Gasteiger partial charge on any atom is 0.224 e. The van der Waals surface area contributed by atoms with Crippen molar-refractivity contribution < 1.29 is 4.79 Å². The molecule has 1 aromatic heterocycles. The molecular weight excluding hydrogens is 242 g/mol. The molecule has 3 N–H and O–H groups in total. The second kappa shape index (κ2) is 6.65. The number of hydrogen-bond donors (Lipinski definition) is 2. The molecule has 1 aromatic rings. The van der Waals surface area contributed by atoms with Crippen LogP contribution >= 0.6 is 0 Å². The van der Waals surface area contributed by atoms with Gasteiger partial charge in [-0.05, 0) is 18.8 Å². The van der Waals surface area contributed by atoms with E-state index < -0.39 is 0 Å². The predicted octanol–water partition coefficient (Wildman–Crippen LogP) is 0.925. The summed E-state index contributed by atoms with van der Waals surface area (Å²) < 4.78 is 1.90. The average Bonchev–Trinajstić information content (AvgIpc) is 2.79. The van der Waals surface area contributed by atoms with Gasteiger partial charge in [-0.3, -0.25) is 4.79 Å². The van der Waals surface area contributed by atoms with Crippen molar-refractivity contribution >= 4 is 5.91 Å². The van der Waals surface area contributed by atoms with Crippen molar-refractivity contribution in [2.45, 2.75) is 47.2 Å². The number of nitrogens with one attached hydrogen (secondary N) is 1. The zero-order chi connectivity index (χ0) is 14.5. The third-order valence-electron chi connectivity index (χ3n) is 2.97. The van der Waals surface area contributed by atoms with Gasteiger partial charge in [-0.25, -0.2) is 0 Å². The second-order valence-electron chi connectivity index (χ2n) is 5.95. The van der Waals surface area contributed by atoms with Gasteiger partial charge in [0.2, 0.25) is 5.91 Å². The molecule has 0 fully saturated rings. The van der Waals surface area contributed by atoms with Crippen LogP contribution in [-0.4, -0.2) is 27.2 Å². The van der Waals surface area contributed by atoms with E-state index in [9.17, 15) is 4.79 Å². The topological polar surface area (TPSA) is 85.8 Å². The van der Waals surface area contributed by atoms with E-state index in [2.05, 4.69) is 36.3 Å². The number of carbonyl (C=O) groups excluding carboxylic acids is 1. The van der Waals surface area contributed by atoms with Crippen molar-refractivity contribution in [2.24, 2.45) is 17.1 Å². The molecule has 108 valence electrons. The van der Waals surface area contributed by atoms with Crippen LogP contribution in [-0.2, 0) is 17.9 Å². The van der Waals surface area contributed by atoms with Gasteiger partial charge in [-0.15, -0.1) is 10.2 Å². The molecule has 6 heteroatoms. The highest BCUT2D eigenvalue weighted by Crippen LogP contribution is 2.23. The number of amides is 1. The number of rotatable bonds is 6. The van der Waals surface area contributed by atoms with E-state index in [0.717, 1.165) is 18.8 Å². The minimum absolute atomic E-state index is 0.0110. The van der Waals surface area contributed by atoms with Crippen LogP contribution in [0.25, 0.3) is 0 Å². The number of aromatic nitrogens is 3. The zero-order valence-corrected chi connectivity index (χ0v) is 12.3. The molecule has 1 atom stereocenters. The lowest BCUT2D eigenvalue weighted by molar-refractivity contribution is -0.125. The largest absolute Gasteiger partial charge is 0.349 e. The first-order valence-corrected chi connectivity index (χ1v) is 6.72. The van der Waals surface area contributed by atoms with Gasteiger partial charge < -0.3 is 15.6 Å². The van der Waals surface area contributed by atoms with Gasteiger partial charge in [0, 0.05) is 13.1 Å². The Morgan fingerprint density at radius 2 is 2.21 bits per heavy atom. The zero-order valence-electron chi connectivity index (χ0n) is 12.3. The predicted molar refractivity (Wildman–Crippen MR) is 74.2 cm³/mol. The van der Waals surface area contributed by atoms with Crippen LogP contribution in [0.3, 0.4) is 0 Å². The van der Waals surface area contributed by atoms with Gasteiger partial charge in [-0.2, -0.15) is 0 Å². The van der Waals surface area contributed by atoms with Crippen LogP contribution in [0, 0.1) is 11.3 Å². The van der Waals surface area contributed by atoms with Gasteiger partial charge in [0.1, 0.15) is 6.33 Å². The first-order chi connectivity index (χ1) is 8.87. The molecular formula is C13H25N5O. The molecule has 0 aliphatic rings. The van der Waals surface area contributed by atoms with Crippen molar-refractivity contribution in [1.82, 2.24) is 20.1 Å². The molecule has 0 radical (unpaired) electrons. The number of nitrogens with zero attached hydrogens (tertiary/aromatic N) is 3. The highest BCUT2D eigenvalue weighted by Gasteiger charge is 2.23. The molecule has 0 saturated carbocycles. The van der Waals surface area contributed by atoms with Gasteiger partial charge in [-0.1, -0.05) is 20.8 Å². The molecule has 0 aliphatic carbocycles. The SMILES string of the molecule is CCn1cnnc1CNC(=O)C(CN)CC(C)(C)C. The van der Waals surface area contributed by atoms with E-state index in [0.29, 0.717) is 13.1 Å². The third-order valence-corrected chi connectivity index (χ3v) is 2.97. The molecule has 0 spiro atoms. The molecule has 0 aliphatic heterocycles. The molecule has 1 amide bonds. The Bertz CT molecular complexity index is 407. The summed E-state index contributed by atoms with van der Waals surface area (Å²) in [6.45, 7) is 9.89. The van der Waals surface area contributed by atoms with Crippen molar-refractivity contribution in [2.75, 3.05) is 6.54 Å². The summed E-state index contributed by atoms with van der Waals surface area (Å²) in [6.07, 6.45) is 2.44. The number of aryl methyl sites for hydroxylation is 1. The van der Waals surface area contributed by atoms with E-state index in [1.54, 1.807) is 6.33 Å². The maximum atomic E-state index is 12.1. The lowest BCUT2D eigenvalue weighted by Crippen LogP contribution is -2.37. The first-order valence-electron chi connectivity index (χ1n) is 6.72. The summed E-state index contributed by atoms with van der Waals surface area (Å²) in [7, 11) is 0. The van der Waals surface area contributed by atoms with Crippen molar-refractivity contribution in [3.63, 3.8) is 0 Å². The average molecular weight is 267 g/mol. The first kappa shape index (κ1) is 15.6. The van der Waals surface area contributed by atoms with Gasteiger partial charge in [0.25, 0.3) is 0 Å². The minimum Gasteiger partial charge on any atom is -0.349 e. The Labute approximate surface area is 114 Å². The maximum absolute atomic E-state index is 12.1. The lowest BCUT2D eigenvalue weighted by atomic mass is 9.84. The Kier molecular flexibility index (Phi) is 5.47. The Balaban J connectivity index is 2.54. The molecule has 0 saturated heterocycles. The fraction of sp³-hybridized carbons (Fsp3) is 0.769. The summed E-state index contributed by atoms with van der Waals surface area (Å²) in [6, 6.07) is 0. The Morgan fingerprint density at radius 1 is 1.53 bits per heavy atom. The standard InChI is InChI=1S/C13H25N5O/c1-5-18-9-16-17-11(18)8-15-12(19)10(7-14)6-13(2,3)4/h9-10H,5-8,14H2,1-4H3,(H,15,19). The number of carbonyl (C=O) groups is 1. The molecule has 0 aromatic carbocycles. The molecule has 0 bridgehead atoms. The Hall–Kier alpha value is -1.43. The summed E-state index contributed by atoms with van der Waals surface area (Å²) in [5.74, 6) is 0.600. The van der Waals surface area contributed by atoms with Crippen LogP contribution in [0.1, 0.15) is 39.9 Å². The van der Waals surface area contributed by atoms with E-state index in [4.69, 9.17) is 5.73 Å². The van der Waals surface area contributed by atoms with Crippen LogP contribution in [0.15, 0.2) is 6.33 Å². The second-order valence-corrected chi connectivity index (χ2v) is 5.95.